The summed E-state index contributed by atoms with van der Waals surface area (Å²) in [6.45, 7) is 0. The molecule has 0 saturated heterocycles. The fourth-order valence-electron chi connectivity index (χ4n) is 1.90. The molecule has 3 rings (SSSR count). The Hall–Kier alpha value is -1.52. The molecule has 0 spiro atoms. The van der Waals surface area contributed by atoms with Gasteiger partial charge in [-0.3, -0.25) is 4.79 Å². The Bertz CT molecular complexity index is 994. The number of aromatic nitrogens is 1. The smallest absolute Gasteiger partial charge is 0.238 e. The highest BCUT2D eigenvalue weighted by atomic mass is 35.5. The summed E-state index contributed by atoms with van der Waals surface area (Å²) >= 11 is 8.36. The summed E-state index contributed by atoms with van der Waals surface area (Å²) in [5.74, 6) is -0.214. The second-order valence-electron chi connectivity index (χ2n) is 4.62. The predicted octanol–water partition coefficient (Wildman–Crippen LogP) is 2.84. The lowest BCUT2D eigenvalue weighted by Crippen LogP contribution is -2.13. The molecule has 1 aromatic carbocycles. The standard InChI is InChI=1S/C13H10ClN3O3S3/c14-11-4-1-7(21-11)5-12(18)17-13-16-9-3-2-8(23(15,19)20)6-10(9)22-13/h1-4,6H,5H2,(H2,15,19,20)(H,16,17,18). The van der Waals surface area contributed by atoms with E-state index in [0.29, 0.717) is 19.7 Å². The van der Waals surface area contributed by atoms with Crippen molar-refractivity contribution in [2.24, 2.45) is 5.14 Å². The van der Waals surface area contributed by atoms with Crippen molar-refractivity contribution in [3.63, 3.8) is 0 Å². The zero-order chi connectivity index (χ0) is 16.6. The van der Waals surface area contributed by atoms with Crippen molar-refractivity contribution < 1.29 is 13.2 Å². The van der Waals surface area contributed by atoms with Gasteiger partial charge in [-0.25, -0.2) is 18.5 Å². The number of rotatable bonds is 4. The molecule has 6 nitrogen and oxygen atoms in total. The maximum Gasteiger partial charge on any atom is 0.238 e. The fraction of sp³-hybridized carbons (Fsp3) is 0.0769. The van der Waals surface area contributed by atoms with Crippen LogP contribution in [0.25, 0.3) is 10.2 Å². The molecule has 10 heteroatoms. The van der Waals surface area contributed by atoms with Gasteiger partial charge in [0.05, 0.1) is 25.9 Å². The number of anilines is 1. The zero-order valence-corrected chi connectivity index (χ0v) is 14.7. The Kier molecular flexibility index (Phi) is 4.39. The van der Waals surface area contributed by atoms with Crippen molar-refractivity contribution in [3.05, 3.63) is 39.5 Å². The van der Waals surface area contributed by atoms with E-state index < -0.39 is 10.0 Å². The van der Waals surface area contributed by atoms with Gasteiger partial charge in [-0.2, -0.15) is 0 Å². The summed E-state index contributed by atoms with van der Waals surface area (Å²) in [6, 6.07) is 7.92. The van der Waals surface area contributed by atoms with Gasteiger partial charge in [0.15, 0.2) is 5.13 Å². The van der Waals surface area contributed by atoms with Crippen molar-refractivity contribution in [2.75, 3.05) is 5.32 Å². The number of fused-ring (bicyclic) bond motifs is 1. The molecule has 0 saturated carbocycles. The third-order valence-corrected chi connectivity index (χ3v) is 5.97. The average molecular weight is 388 g/mol. The van der Waals surface area contributed by atoms with Crippen LogP contribution in [0.5, 0.6) is 0 Å². The molecule has 1 amide bonds. The van der Waals surface area contributed by atoms with Gasteiger partial charge in [-0.15, -0.1) is 11.3 Å². The van der Waals surface area contributed by atoms with Gasteiger partial charge in [0.2, 0.25) is 15.9 Å². The van der Waals surface area contributed by atoms with E-state index in [1.807, 2.05) is 0 Å². The number of thiophene rings is 1. The highest BCUT2D eigenvalue weighted by Crippen LogP contribution is 2.28. The third-order valence-electron chi connectivity index (χ3n) is 2.90. The topological polar surface area (TPSA) is 102 Å². The molecule has 0 unspecified atom stereocenters. The third kappa shape index (κ3) is 3.88. The molecule has 3 aromatic rings. The summed E-state index contributed by atoms with van der Waals surface area (Å²) in [5, 5.41) is 8.20. The quantitative estimate of drug-likeness (QED) is 0.718. The van der Waals surface area contributed by atoms with Crippen molar-refractivity contribution in [1.82, 2.24) is 4.98 Å². The van der Waals surface area contributed by atoms with E-state index in [-0.39, 0.29) is 17.2 Å². The minimum Gasteiger partial charge on any atom is -0.302 e. The average Bonchev–Trinajstić information content (AvgIpc) is 3.02. The number of nitrogens with zero attached hydrogens (tertiary/aromatic N) is 1. The van der Waals surface area contributed by atoms with Crippen molar-refractivity contribution in [2.45, 2.75) is 11.3 Å². The Balaban J connectivity index is 1.79. The lowest BCUT2D eigenvalue weighted by molar-refractivity contribution is -0.115. The largest absolute Gasteiger partial charge is 0.302 e. The van der Waals surface area contributed by atoms with Crippen LogP contribution in [0.2, 0.25) is 4.34 Å². The zero-order valence-electron chi connectivity index (χ0n) is 11.4. The van der Waals surface area contributed by atoms with Gasteiger partial charge in [-0.1, -0.05) is 22.9 Å². The summed E-state index contributed by atoms with van der Waals surface area (Å²) in [6.07, 6.45) is 0.204. The van der Waals surface area contributed by atoms with Crippen molar-refractivity contribution in [3.8, 4) is 0 Å². The lowest BCUT2D eigenvalue weighted by Gasteiger charge is -1.98. The Morgan fingerprint density at radius 3 is 2.70 bits per heavy atom. The van der Waals surface area contributed by atoms with Crippen LogP contribution in [0, 0.1) is 0 Å². The second kappa shape index (κ2) is 6.17. The molecule has 120 valence electrons. The molecule has 23 heavy (non-hydrogen) atoms. The van der Waals surface area contributed by atoms with E-state index in [1.165, 1.54) is 34.8 Å². The summed E-state index contributed by atoms with van der Waals surface area (Å²) < 4.78 is 24.0. The monoisotopic (exact) mass is 387 g/mol. The number of nitrogens with one attached hydrogen (secondary N) is 1. The van der Waals surface area contributed by atoms with E-state index in [4.69, 9.17) is 16.7 Å². The Labute approximate surface area is 145 Å². The number of thiazole rings is 1. The van der Waals surface area contributed by atoms with E-state index in [9.17, 15) is 13.2 Å². The highest BCUT2D eigenvalue weighted by Gasteiger charge is 2.13. The number of halogens is 1. The van der Waals surface area contributed by atoms with Gasteiger partial charge in [0, 0.05) is 4.88 Å². The SMILES string of the molecule is NS(=O)(=O)c1ccc2nc(NC(=O)Cc3ccc(Cl)s3)sc2c1. The van der Waals surface area contributed by atoms with Gasteiger partial charge in [0.25, 0.3) is 0 Å². The molecular formula is C13H10ClN3O3S3. The number of hydrogen-bond acceptors (Lipinski definition) is 6. The maximum atomic E-state index is 12.0. The molecule has 0 atom stereocenters. The normalized spacial score (nSPS) is 11.7. The van der Waals surface area contributed by atoms with E-state index >= 15 is 0 Å². The number of amides is 1. The van der Waals surface area contributed by atoms with Crippen LogP contribution < -0.4 is 10.5 Å². The number of carbonyl (C=O) groups excluding carboxylic acids is 1. The van der Waals surface area contributed by atoms with Crippen molar-refractivity contribution in [1.29, 1.82) is 0 Å². The van der Waals surface area contributed by atoms with Gasteiger partial charge < -0.3 is 5.32 Å². The van der Waals surface area contributed by atoms with Crippen LogP contribution in [-0.4, -0.2) is 19.3 Å². The predicted molar refractivity (Wildman–Crippen MR) is 92.7 cm³/mol. The summed E-state index contributed by atoms with van der Waals surface area (Å²) in [4.78, 5) is 17.1. The maximum absolute atomic E-state index is 12.0. The number of carbonyl (C=O) groups is 1. The molecule has 3 N–H and O–H groups in total. The number of benzene rings is 1. The lowest BCUT2D eigenvalue weighted by atomic mass is 10.3. The van der Waals surface area contributed by atoms with E-state index in [1.54, 1.807) is 18.2 Å². The fourth-order valence-corrected chi connectivity index (χ4v) is 4.53. The number of hydrogen-bond donors (Lipinski definition) is 2. The first-order valence-corrected chi connectivity index (χ1v) is 9.84. The number of sulfonamides is 1. The Morgan fingerprint density at radius 2 is 2.04 bits per heavy atom. The van der Waals surface area contributed by atoms with E-state index in [2.05, 4.69) is 10.3 Å². The number of primary sulfonamides is 1. The molecule has 0 bridgehead atoms. The van der Waals surface area contributed by atoms with Gasteiger partial charge in [-0.05, 0) is 30.3 Å². The molecule has 2 heterocycles. The summed E-state index contributed by atoms with van der Waals surface area (Å²) in [7, 11) is -3.77. The van der Waals surface area contributed by atoms with Gasteiger partial charge in [0.1, 0.15) is 0 Å². The second-order valence-corrected chi connectivity index (χ2v) is 9.02. The van der Waals surface area contributed by atoms with Crippen molar-refractivity contribution >= 4 is 65.6 Å². The number of nitrogens with two attached hydrogens (primary N) is 1. The molecule has 0 aliphatic heterocycles. The molecule has 0 radical (unpaired) electrons. The molecule has 2 aromatic heterocycles. The minimum atomic E-state index is -3.77. The first-order chi connectivity index (χ1) is 10.8. The van der Waals surface area contributed by atoms with Crippen LogP contribution in [0.3, 0.4) is 0 Å². The Morgan fingerprint density at radius 1 is 1.26 bits per heavy atom. The molecule has 0 aliphatic carbocycles. The highest BCUT2D eigenvalue weighted by molar-refractivity contribution is 7.89. The molecular weight excluding hydrogens is 378 g/mol. The summed E-state index contributed by atoms with van der Waals surface area (Å²) in [5.41, 5.74) is 0.594. The van der Waals surface area contributed by atoms with Gasteiger partial charge >= 0.3 is 0 Å². The van der Waals surface area contributed by atoms with Crippen LogP contribution in [0.1, 0.15) is 4.88 Å². The molecule has 0 fully saturated rings. The van der Waals surface area contributed by atoms with Crippen LogP contribution >= 0.6 is 34.3 Å². The van der Waals surface area contributed by atoms with Crippen LogP contribution in [0.4, 0.5) is 5.13 Å². The first kappa shape index (κ1) is 16.3. The first-order valence-electron chi connectivity index (χ1n) is 6.29. The van der Waals surface area contributed by atoms with Crippen LogP contribution in [-0.2, 0) is 21.2 Å². The minimum absolute atomic E-state index is 0.0137. The molecule has 0 aliphatic rings. The van der Waals surface area contributed by atoms with Crippen LogP contribution in [0.15, 0.2) is 35.2 Å². The van der Waals surface area contributed by atoms with E-state index in [0.717, 1.165) is 4.88 Å².